The maximum atomic E-state index is 12.5. The second kappa shape index (κ2) is 5.45. The Kier molecular flexibility index (Phi) is 3.88. The summed E-state index contributed by atoms with van der Waals surface area (Å²) in [4.78, 5) is 29.0. The van der Waals surface area contributed by atoms with Gasteiger partial charge in [-0.1, -0.05) is 19.9 Å². The van der Waals surface area contributed by atoms with E-state index in [1.807, 2.05) is 0 Å². The number of amides is 1. The summed E-state index contributed by atoms with van der Waals surface area (Å²) < 4.78 is 0. The fourth-order valence-electron chi connectivity index (χ4n) is 2.33. The van der Waals surface area contributed by atoms with E-state index in [9.17, 15) is 9.59 Å². The molecular formula is C15H18N2O3. The molecule has 0 bridgehead atoms. The van der Waals surface area contributed by atoms with Gasteiger partial charge in [0.15, 0.2) is 0 Å². The third kappa shape index (κ3) is 3.23. The number of aromatic nitrogens is 1. The summed E-state index contributed by atoms with van der Waals surface area (Å²) >= 11 is 0. The molecule has 1 N–H and O–H groups in total. The highest BCUT2D eigenvalue weighted by Gasteiger charge is 2.33. The molecule has 2 heterocycles. The van der Waals surface area contributed by atoms with Crippen LogP contribution in [0, 0.1) is 5.41 Å². The number of nitrogens with zero attached hydrogens (tertiary/aromatic N) is 2. The second-order valence-corrected chi connectivity index (χ2v) is 5.75. The molecule has 1 aliphatic heterocycles. The Morgan fingerprint density at radius 2 is 2.20 bits per heavy atom. The Bertz CT molecular complexity index is 564. The van der Waals surface area contributed by atoms with Crippen molar-refractivity contribution in [2.75, 3.05) is 13.1 Å². The van der Waals surface area contributed by atoms with Gasteiger partial charge < -0.3 is 10.0 Å². The Morgan fingerprint density at radius 3 is 2.80 bits per heavy atom. The molecule has 1 amide bonds. The lowest BCUT2D eigenvalue weighted by atomic mass is 9.93. The van der Waals surface area contributed by atoms with Gasteiger partial charge in [-0.2, -0.15) is 0 Å². The number of carboxylic acid groups (broad SMARTS) is 1. The number of aliphatic carboxylic acids is 1. The zero-order chi connectivity index (χ0) is 14.8. The van der Waals surface area contributed by atoms with Gasteiger partial charge in [0.05, 0.1) is 0 Å². The van der Waals surface area contributed by atoms with Gasteiger partial charge in [-0.05, 0) is 24.0 Å². The molecule has 1 aromatic heterocycles. The van der Waals surface area contributed by atoms with Crippen molar-refractivity contribution in [1.82, 2.24) is 9.88 Å². The minimum Gasteiger partial charge on any atom is -0.478 e. The zero-order valence-corrected chi connectivity index (χ0v) is 11.7. The fourth-order valence-corrected chi connectivity index (χ4v) is 2.33. The Hall–Kier alpha value is -2.17. The molecule has 106 valence electrons. The molecule has 5 nitrogen and oxygen atoms in total. The highest BCUT2D eigenvalue weighted by Crippen LogP contribution is 2.29. The lowest BCUT2D eigenvalue weighted by molar-refractivity contribution is -0.131. The molecule has 0 atom stereocenters. The van der Waals surface area contributed by atoms with Crippen molar-refractivity contribution in [1.29, 1.82) is 0 Å². The first-order valence-electron chi connectivity index (χ1n) is 6.54. The maximum absolute atomic E-state index is 12.5. The Morgan fingerprint density at radius 1 is 1.45 bits per heavy atom. The second-order valence-electron chi connectivity index (χ2n) is 5.75. The molecular weight excluding hydrogens is 256 g/mol. The number of carbonyl (C=O) groups excluding carboxylic acids is 1. The third-order valence-corrected chi connectivity index (χ3v) is 3.41. The van der Waals surface area contributed by atoms with Crippen LogP contribution >= 0.6 is 0 Å². The number of pyridine rings is 1. The van der Waals surface area contributed by atoms with Crippen molar-refractivity contribution >= 4 is 18.0 Å². The fraction of sp³-hybridized carbons (Fsp3) is 0.400. The highest BCUT2D eigenvalue weighted by atomic mass is 16.4. The van der Waals surface area contributed by atoms with Crippen LogP contribution in [0.15, 0.2) is 24.4 Å². The maximum Gasteiger partial charge on any atom is 0.328 e. The molecule has 0 unspecified atom stereocenters. The first kappa shape index (κ1) is 14.2. The summed E-state index contributed by atoms with van der Waals surface area (Å²) in [5.41, 5.74) is 0.967. The molecule has 0 aliphatic carbocycles. The van der Waals surface area contributed by atoms with Gasteiger partial charge in [0.1, 0.15) is 5.69 Å². The average molecular weight is 274 g/mol. The molecule has 1 saturated heterocycles. The van der Waals surface area contributed by atoms with E-state index in [0.717, 1.165) is 12.5 Å². The Balaban J connectivity index is 2.24. The molecule has 5 heteroatoms. The number of hydrogen-bond donors (Lipinski definition) is 1. The number of carboxylic acids is 1. The molecule has 1 aliphatic rings. The molecule has 1 aromatic rings. The van der Waals surface area contributed by atoms with Gasteiger partial charge in [0.2, 0.25) is 0 Å². The number of rotatable bonds is 3. The van der Waals surface area contributed by atoms with Crippen LogP contribution in [-0.2, 0) is 4.79 Å². The van der Waals surface area contributed by atoms with Crippen molar-refractivity contribution < 1.29 is 14.7 Å². The SMILES string of the molecule is CC1(C)CCN(C(=O)c2ncccc2/C=C/C(=O)O)C1. The monoisotopic (exact) mass is 274 g/mol. The van der Waals surface area contributed by atoms with Crippen molar-refractivity contribution in [2.24, 2.45) is 5.41 Å². The van der Waals surface area contributed by atoms with Crippen molar-refractivity contribution in [2.45, 2.75) is 20.3 Å². The van der Waals surface area contributed by atoms with Crippen LogP contribution in [0.25, 0.3) is 6.08 Å². The van der Waals surface area contributed by atoms with Crippen LogP contribution < -0.4 is 0 Å². The van der Waals surface area contributed by atoms with Gasteiger partial charge in [-0.3, -0.25) is 9.78 Å². The number of carbonyl (C=O) groups is 2. The molecule has 0 aromatic carbocycles. The van der Waals surface area contributed by atoms with Crippen LogP contribution in [0.1, 0.15) is 36.3 Å². The minimum atomic E-state index is -1.05. The quantitative estimate of drug-likeness (QED) is 0.856. The first-order chi connectivity index (χ1) is 9.39. The van der Waals surface area contributed by atoms with E-state index in [1.165, 1.54) is 6.08 Å². The van der Waals surface area contributed by atoms with Crippen LogP contribution in [-0.4, -0.2) is 40.0 Å². The highest BCUT2D eigenvalue weighted by molar-refractivity contribution is 5.97. The van der Waals surface area contributed by atoms with Crippen molar-refractivity contribution in [3.05, 3.63) is 35.7 Å². The predicted molar refractivity (Wildman–Crippen MR) is 75.2 cm³/mol. The van der Waals surface area contributed by atoms with E-state index < -0.39 is 5.97 Å². The van der Waals surface area contributed by atoms with E-state index in [2.05, 4.69) is 18.8 Å². The van der Waals surface area contributed by atoms with Crippen molar-refractivity contribution in [3.8, 4) is 0 Å². The number of hydrogen-bond acceptors (Lipinski definition) is 3. The van der Waals surface area contributed by atoms with Gasteiger partial charge in [0, 0.05) is 30.9 Å². The normalized spacial score (nSPS) is 17.6. The lowest BCUT2D eigenvalue weighted by Crippen LogP contribution is -2.31. The largest absolute Gasteiger partial charge is 0.478 e. The van der Waals surface area contributed by atoms with Crippen LogP contribution in [0.4, 0.5) is 0 Å². The summed E-state index contributed by atoms with van der Waals surface area (Å²) in [7, 11) is 0. The van der Waals surface area contributed by atoms with E-state index >= 15 is 0 Å². The Labute approximate surface area is 117 Å². The molecule has 0 spiro atoms. The van der Waals surface area contributed by atoms with Crippen LogP contribution in [0.2, 0.25) is 0 Å². The van der Waals surface area contributed by atoms with Crippen LogP contribution in [0.5, 0.6) is 0 Å². The molecule has 0 radical (unpaired) electrons. The third-order valence-electron chi connectivity index (χ3n) is 3.41. The van der Waals surface area contributed by atoms with Gasteiger partial charge in [-0.15, -0.1) is 0 Å². The first-order valence-corrected chi connectivity index (χ1v) is 6.54. The molecule has 1 fully saturated rings. The van der Waals surface area contributed by atoms with E-state index in [4.69, 9.17) is 5.11 Å². The zero-order valence-electron chi connectivity index (χ0n) is 11.7. The van der Waals surface area contributed by atoms with Gasteiger partial charge >= 0.3 is 5.97 Å². The topological polar surface area (TPSA) is 70.5 Å². The predicted octanol–water partition coefficient (Wildman–Crippen LogP) is 2.05. The van der Waals surface area contributed by atoms with Gasteiger partial charge in [-0.25, -0.2) is 4.79 Å². The average Bonchev–Trinajstić information content (AvgIpc) is 2.76. The van der Waals surface area contributed by atoms with E-state index in [0.29, 0.717) is 24.3 Å². The summed E-state index contributed by atoms with van der Waals surface area (Å²) in [6.45, 7) is 5.67. The van der Waals surface area contributed by atoms with E-state index in [-0.39, 0.29) is 11.3 Å². The summed E-state index contributed by atoms with van der Waals surface area (Å²) in [6.07, 6.45) is 4.93. The van der Waals surface area contributed by atoms with Crippen molar-refractivity contribution in [3.63, 3.8) is 0 Å². The number of likely N-dealkylation sites (tertiary alicyclic amines) is 1. The van der Waals surface area contributed by atoms with Gasteiger partial charge in [0.25, 0.3) is 5.91 Å². The summed E-state index contributed by atoms with van der Waals surface area (Å²) in [5, 5.41) is 8.68. The van der Waals surface area contributed by atoms with Crippen LogP contribution in [0.3, 0.4) is 0 Å². The summed E-state index contributed by atoms with van der Waals surface area (Å²) in [5.74, 6) is -1.18. The summed E-state index contributed by atoms with van der Waals surface area (Å²) in [6, 6.07) is 3.38. The van der Waals surface area contributed by atoms with E-state index in [1.54, 1.807) is 23.2 Å². The smallest absolute Gasteiger partial charge is 0.328 e. The molecule has 20 heavy (non-hydrogen) atoms. The molecule has 0 saturated carbocycles. The lowest BCUT2D eigenvalue weighted by Gasteiger charge is -2.20. The standard InChI is InChI=1S/C15H18N2O3/c1-15(2)7-9-17(10-15)14(20)13-11(4-3-8-16-13)5-6-12(18)19/h3-6,8H,7,9-10H2,1-2H3,(H,18,19)/b6-5+. The minimum absolute atomic E-state index is 0.126. The molecule has 2 rings (SSSR count).